The van der Waals surface area contributed by atoms with Gasteiger partial charge in [0.1, 0.15) is 5.75 Å². The molecule has 0 aliphatic carbocycles. The van der Waals surface area contributed by atoms with Gasteiger partial charge in [-0.25, -0.2) is 0 Å². The maximum absolute atomic E-state index is 6.05. The highest BCUT2D eigenvalue weighted by molar-refractivity contribution is 5.33. The minimum atomic E-state index is 0.160. The van der Waals surface area contributed by atoms with Crippen LogP contribution in [-0.4, -0.2) is 51.5 Å². The van der Waals surface area contributed by atoms with E-state index in [9.17, 15) is 0 Å². The van der Waals surface area contributed by atoms with E-state index in [0.717, 1.165) is 51.4 Å². The Bertz CT molecular complexity index is 489. The third kappa shape index (κ3) is 3.14. The highest BCUT2D eigenvalue weighted by atomic mass is 16.5. The van der Waals surface area contributed by atoms with Crippen LogP contribution >= 0.6 is 0 Å². The number of para-hydroxylation sites is 1. The lowest BCUT2D eigenvalue weighted by Crippen LogP contribution is -2.56. The summed E-state index contributed by atoms with van der Waals surface area (Å²) in [6.07, 6.45) is 3.80. The summed E-state index contributed by atoms with van der Waals surface area (Å²) in [5, 5.41) is 0. The van der Waals surface area contributed by atoms with E-state index >= 15 is 0 Å². The van der Waals surface area contributed by atoms with Crippen LogP contribution in [0.25, 0.3) is 0 Å². The number of hydrogen-bond acceptors (Lipinski definition) is 4. The molecular formula is C18H27NO3. The average Bonchev–Trinajstić information content (AvgIpc) is 2.55. The van der Waals surface area contributed by atoms with Crippen LogP contribution in [0.1, 0.15) is 24.8 Å². The zero-order chi connectivity index (χ0) is 15.4. The summed E-state index contributed by atoms with van der Waals surface area (Å²) in [5.41, 5.74) is 1.42. The van der Waals surface area contributed by atoms with Crippen LogP contribution in [0, 0.1) is 5.41 Å². The van der Waals surface area contributed by atoms with Gasteiger partial charge in [-0.1, -0.05) is 18.2 Å². The molecule has 0 bridgehead atoms. The Hall–Kier alpha value is -1.10. The minimum Gasteiger partial charge on any atom is -0.496 e. The summed E-state index contributed by atoms with van der Waals surface area (Å²) in [6.45, 7) is 4.75. The van der Waals surface area contributed by atoms with E-state index in [1.54, 1.807) is 14.2 Å². The van der Waals surface area contributed by atoms with Gasteiger partial charge in [0.15, 0.2) is 0 Å². The van der Waals surface area contributed by atoms with E-state index in [1.807, 2.05) is 12.1 Å². The average molecular weight is 305 g/mol. The van der Waals surface area contributed by atoms with Gasteiger partial charge < -0.3 is 14.2 Å². The van der Waals surface area contributed by atoms with Gasteiger partial charge in [-0.15, -0.1) is 0 Å². The maximum atomic E-state index is 6.05. The van der Waals surface area contributed by atoms with Gasteiger partial charge in [0.05, 0.1) is 19.8 Å². The molecule has 0 N–H and O–H groups in total. The molecule has 0 aromatic heterocycles. The number of piperidine rings is 1. The van der Waals surface area contributed by atoms with Crippen molar-refractivity contribution in [1.82, 2.24) is 4.90 Å². The molecule has 1 aromatic rings. The van der Waals surface area contributed by atoms with Crippen molar-refractivity contribution in [1.29, 1.82) is 0 Å². The Balaban J connectivity index is 1.73. The molecule has 2 saturated heterocycles. The van der Waals surface area contributed by atoms with Crippen molar-refractivity contribution in [2.75, 3.05) is 40.5 Å². The van der Waals surface area contributed by atoms with Gasteiger partial charge in [-0.05, 0) is 25.3 Å². The summed E-state index contributed by atoms with van der Waals surface area (Å²) in [5.74, 6) is 0.977. The lowest BCUT2D eigenvalue weighted by Gasteiger charge is -2.50. The van der Waals surface area contributed by atoms with E-state index in [4.69, 9.17) is 14.2 Å². The fourth-order valence-corrected chi connectivity index (χ4v) is 4.09. The molecule has 0 unspecified atom stereocenters. The fraction of sp³-hybridized carbons (Fsp3) is 0.667. The molecule has 122 valence electrons. The molecule has 22 heavy (non-hydrogen) atoms. The van der Waals surface area contributed by atoms with Crippen LogP contribution in [0.15, 0.2) is 24.3 Å². The third-order valence-corrected chi connectivity index (χ3v) is 5.09. The molecule has 4 heteroatoms. The van der Waals surface area contributed by atoms with E-state index in [1.165, 1.54) is 12.0 Å². The predicted octanol–water partition coefficient (Wildman–Crippen LogP) is 2.71. The first-order valence-corrected chi connectivity index (χ1v) is 8.22. The SMILES string of the molecule is COC[C@@]12CCCO[C@H]1CCN(Cc1ccccc1OC)C2. The van der Waals surface area contributed by atoms with Gasteiger partial charge in [-0.2, -0.15) is 0 Å². The first kappa shape index (κ1) is 15.8. The normalized spacial score (nSPS) is 29.1. The Morgan fingerprint density at radius 3 is 3.00 bits per heavy atom. The van der Waals surface area contributed by atoms with Crippen LogP contribution < -0.4 is 4.74 Å². The number of likely N-dealkylation sites (tertiary alicyclic amines) is 1. The van der Waals surface area contributed by atoms with Crippen molar-refractivity contribution in [2.24, 2.45) is 5.41 Å². The lowest BCUT2D eigenvalue weighted by atomic mass is 9.73. The Morgan fingerprint density at radius 1 is 1.32 bits per heavy atom. The van der Waals surface area contributed by atoms with Crippen molar-refractivity contribution < 1.29 is 14.2 Å². The fourth-order valence-electron chi connectivity index (χ4n) is 4.09. The number of hydrogen-bond donors (Lipinski definition) is 0. The van der Waals surface area contributed by atoms with E-state index in [2.05, 4.69) is 17.0 Å². The molecule has 2 fully saturated rings. The summed E-state index contributed by atoms with van der Waals surface area (Å²) < 4.78 is 17.1. The summed E-state index contributed by atoms with van der Waals surface area (Å²) in [4.78, 5) is 2.53. The Labute approximate surface area is 133 Å². The number of methoxy groups -OCH3 is 2. The van der Waals surface area contributed by atoms with E-state index < -0.39 is 0 Å². The smallest absolute Gasteiger partial charge is 0.123 e. The van der Waals surface area contributed by atoms with Crippen molar-refractivity contribution in [3.8, 4) is 5.75 Å². The molecule has 0 spiro atoms. The van der Waals surface area contributed by atoms with Crippen molar-refractivity contribution >= 4 is 0 Å². The van der Waals surface area contributed by atoms with Crippen LogP contribution in [0.2, 0.25) is 0 Å². The standard InChI is InChI=1S/C18H27NO3/c1-20-14-18-9-5-11-22-17(18)8-10-19(13-18)12-15-6-3-4-7-16(15)21-2/h3-4,6-7,17H,5,8-14H2,1-2H3/t17-,18-/m0/s1. The molecular weight excluding hydrogens is 278 g/mol. The number of fused-ring (bicyclic) bond motifs is 1. The molecule has 4 nitrogen and oxygen atoms in total. The number of rotatable bonds is 5. The van der Waals surface area contributed by atoms with Gasteiger partial charge in [0.2, 0.25) is 0 Å². The summed E-state index contributed by atoms with van der Waals surface area (Å²) in [7, 11) is 3.55. The second-order valence-electron chi connectivity index (χ2n) is 6.57. The highest BCUT2D eigenvalue weighted by Gasteiger charge is 2.45. The molecule has 2 heterocycles. The summed E-state index contributed by atoms with van der Waals surface area (Å²) in [6, 6.07) is 8.30. The van der Waals surface area contributed by atoms with Crippen LogP contribution in [0.3, 0.4) is 0 Å². The Morgan fingerprint density at radius 2 is 2.18 bits per heavy atom. The molecule has 2 aliphatic rings. The monoisotopic (exact) mass is 305 g/mol. The van der Waals surface area contributed by atoms with Crippen LogP contribution in [0.5, 0.6) is 5.75 Å². The minimum absolute atomic E-state index is 0.160. The van der Waals surface area contributed by atoms with Crippen LogP contribution in [-0.2, 0) is 16.0 Å². The number of nitrogens with zero attached hydrogens (tertiary/aromatic N) is 1. The van der Waals surface area contributed by atoms with Crippen LogP contribution in [0.4, 0.5) is 0 Å². The van der Waals surface area contributed by atoms with Gasteiger partial charge in [0.25, 0.3) is 0 Å². The van der Waals surface area contributed by atoms with Gasteiger partial charge >= 0.3 is 0 Å². The topological polar surface area (TPSA) is 30.9 Å². The predicted molar refractivity (Wildman–Crippen MR) is 86.2 cm³/mol. The second-order valence-corrected chi connectivity index (χ2v) is 6.57. The quantitative estimate of drug-likeness (QED) is 0.837. The van der Waals surface area contributed by atoms with Crippen molar-refractivity contribution in [2.45, 2.75) is 31.9 Å². The lowest BCUT2D eigenvalue weighted by molar-refractivity contribution is -0.149. The molecule has 0 amide bonds. The molecule has 3 rings (SSSR count). The molecule has 2 aliphatic heterocycles. The zero-order valence-corrected chi connectivity index (χ0v) is 13.7. The van der Waals surface area contributed by atoms with E-state index in [0.29, 0.717) is 6.10 Å². The van der Waals surface area contributed by atoms with Gasteiger partial charge in [-0.3, -0.25) is 4.90 Å². The van der Waals surface area contributed by atoms with E-state index in [-0.39, 0.29) is 5.41 Å². The zero-order valence-electron chi connectivity index (χ0n) is 13.7. The van der Waals surface area contributed by atoms with Gasteiger partial charge in [0, 0.05) is 44.3 Å². The maximum Gasteiger partial charge on any atom is 0.123 e. The second kappa shape index (κ2) is 6.99. The van der Waals surface area contributed by atoms with Crippen molar-refractivity contribution in [3.05, 3.63) is 29.8 Å². The third-order valence-electron chi connectivity index (χ3n) is 5.09. The molecule has 2 atom stereocenters. The first-order valence-electron chi connectivity index (χ1n) is 8.22. The summed E-state index contributed by atoms with van der Waals surface area (Å²) >= 11 is 0. The largest absolute Gasteiger partial charge is 0.496 e. The highest BCUT2D eigenvalue weighted by Crippen LogP contribution is 2.41. The number of benzene rings is 1. The Kier molecular flexibility index (Phi) is 5.01. The first-order chi connectivity index (χ1) is 10.8. The molecule has 0 saturated carbocycles. The van der Waals surface area contributed by atoms with Crippen molar-refractivity contribution in [3.63, 3.8) is 0 Å². The molecule has 0 radical (unpaired) electrons. The number of ether oxygens (including phenoxy) is 3. The molecule has 1 aromatic carbocycles.